The lowest BCUT2D eigenvalue weighted by Gasteiger charge is -2.30. The summed E-state index contributed by atoms with van der Waals surface area (Å²) >= 11 is 0. The average molecular weight is 245 g/mol. The van der Waals surface area contributed by atoms with Crippen molar-refractivity contribution in [1.29, 1.82) is 0 Å². The lowest BCUT2D eigenvalue weighted by molar-refractivity contribution is 0.258. The molecule has 3 N–H and O–H groups in total. The van der Waals surface area contributed by atoms with E-state index in [1.165, 1.54) is 5.56 Å². The molecule has 0 amide bonds. The molecule has 0 aliphatic rings. The minimum absolute atomic E-state index is 0.0867. The van der Waals surface area contributed by atoms with E-state index in [0.717, 1.165) is 5.69 Å². The smallest absolute Gasteiger partial charge is 0.0956 e. The second-order valence-electron chi connectivity index (χ2n) is 4.90. The monoisotopic (exact) mass is 245 g/mol. The lowest BCUT2D eigenvalue weighted by Crippen LogP contribution is -2.31. The van der Waals surface area contributed by atoms with E-state index in [-0.39, 0.29) is 12.1 Å². The van der Waals surface area contributed by atoms with Crippen LogP contribution in [0.4, 0.5) is 0 Å². The molecule has 4 nitrogen and oxygen atoms in total. The summed E-state index contributed by atoms with van der Waals surface area (Å²) in [5.74, 6) is 0. The molecule has 2 rings (SSSR count). The maximum Gasteiger partial charge on any atom is 0.0956 e. The van der Waals surface area contributed by atoms with Crippen molar-refractivity contribution in [3.05, 3.63) is 54.1 Å². The fourth-order valence-electron chi connectivity index (χ4n) is 2.13. The number of hydrogen-bond acceptors (Lipinski definition) is 3. The van der Waals surface area contributed by atoms with Gasteiger partial charge in [0.1, 0.15) is 0 Å². The Kier molecular flexibility index (Phi) is 3.50. The highest BCUT2D eigenvalue weighted by atomic mass is 16.3. The number of rotatable bonds is 4. The molecule has 96 valence electrons. The Labute approximate surface area is 107 Å². The number of aromatic nitrogens is 2. The van der Waals surface area contributed by atoms with Crippen LogP contribution in [0.25, 0.3) is 0 Å². The van der Waals surface area contributed by atoms with E-state index in [2.05, 4.69) is 31.0 Å². The predicted molar refractivity (Wildman–Crippen MR) is 71.1 cm³/mol. The van der Waals surface area contributed by atoms with Gasteiger partial charge in [-0.15, -0.1) is 0 Å². The van der Waals surface area contributed by atoms with Gasteiger partial charge in [-0.05, 0) is 19.4 Å². The number of nitrogens with zero attached hydrogens (tertiary/aromatic N) is 2. The second kappa shape index (κ2) is 4.92. The van der Waals surface area contributed by atoms with E-state index < -0.39 is 6.04 Å². The van der Waals surface area contributed by atoms with Crippen LogP contribution in [-0.2, 0) is 5.54 Å². The molecule has 0 saturated carbocycles. The SMILES string of the molecule is CC(C)(c1ccccc1)n1cncc1C(N)CO. The van der Waals surface area contributed by atoms with Crippen molar-refractivity contribution in [2.75, 3.05) is 6.61 Å². The van der Waals surface area contributed by atoms with E-state index in [0.29, 0.717) is 0 Å². The molecular formula is C14H19N3O. The summed E-state index contributed by atoms with van der Waals surface area (Å²) in [6.07, 6.45) is 3.48. The first-order valence-electron chi connectivity index (χ1n) is 6.02. The summed E-state index contributed by atoms with van der Waals surface area (Å²) in [5.41, 5.74) is 7.67. The first kappa shape index (κ1) is 12.8. The molecule has 1 unspecified atom stereocenters. The fraction of sp³-hybridized carbons (Fsp3) is 0.357. The van der Waals surface area contributed by atoms with Gasteiger partial charge in [0, 0.05) is 6.20 Å². The van der Waals surface area contributed by atoms with Crippen molar-refractivity contribution in [3.63, 3.8) is 0 Å². The first-order valence-corrected chi connectivity index (χ1v) is 6.02. The quantitative estimate of drug-likeness (QED) is 0.861. The molecule has 0 radical (unpaired) electrons. The Bertz CT molecular complexity index is 505. The molecule has 0 aliphatic heterocycles. The van der Waals surface area contributed by atoms with E-state index in [1.807, 2.05) is 22.8 Å². The zero-order valence-corrected chi connectivity index (χ0v) is 10.7. The number of hydrogen-bond donors (Lipinski definition) is 2. The molecule has 1 aromatic heterocycles. The number of aliphatic hydroxyl groups excluding tert-OH is 1. The number of nitrogens with two attached hydrogens (primary N) is 1. The van der Waals surface area contributed by atoms with Gasteiger partial charge in [-0.25, -0.2) is 4.98 Å². The second-order valence-corrected chi connectivity index (χ2v) is 4.90. The van der Waals surface area contributed by atoms with Crippen LogP contribution >= 0.6 is 0 Å². The Morgan fingerprint density at radius 2 is 2.00 bits per heavy atom. The van der Waals surface area contributed by atoms with Gasteiger partial charge in [0.2, 0.25) is 0 Å². The first-order chi connectivity index (χ1) is 8.57. The largest absolute Gasteiger partial charge is 0.394 e. The highest BCUT2D eigenvalue weighted by Gasteiger charge is 2.26. The zero-order chi connectivity index (χ0) is 13.2. The van der Waals surface area contributed by atoms with Crippen LogP contribution in [-0.4, -0.2) is 21.3 Å². The molecule has 0 saturated heterocycles. The van der Waals surface area contributed by atoms with Crippen molar-refractivity contribution < 1.29 is 5.11 Å². The normalized spacial score (nSPS) is 13.6. The third-order valence-electron chi connectivity index (χ3n) is 3.33. The Morgan fingerprint density at radius 3 is 2.61 bits per heavy atom. The number of imidazole rings is 1. The summed E-state index contributed by atoms with van der Waals surface area (Å²) < 4.78 is 2.02. The van der Waals surface area contributed by atoms with Crippen LogP contribution in [0.2, 0.25) is 0 Å². The van der Waals surface area contributed by atoms with E-state index >= 15 is 0 Å². The van der Waals surface area contributed by atoms with Crippen LogP contribution in [0, 0.1) is 0 Å². The van der Waals surface area contributed by atoms with Crippen molar-refractivity contribution in [2.45, 2.75) is 25.4 Å². The van der Waals surface area contributed by atoms with Crippen molar-refractivity contribution in [3.8, 4) is 0 Å². The van der Waals surface area contributed by atoms with Crippen LogP contribution in [0.3, 0.4) is 0 Å². The predicted octanol–water partition coefficient (Wildman–Crippen LogP) is 1.66. The van der Waals surface area contributed by atoms with Crippen LogP contribution in [0.15, 0.2) is 42.9 Å². The van der Waals surface area contributed by atoms with E-state index in [9.17, 15) is 5.11 Å². The average Bonchev–Trinajstić information content (AvgIpc) is 2.89. The summed E-state index contributed by atoms with van der Waals surface area (Å²) in [6, 6.07) is 9.77. The molecular weight excluding hydrogens is 226 g/mol. The third-order valence-corrected chi connectivity index (χ3v) is 3.33. The highest BCUT2D eigenvalue weighted by Crippen LogP contribution is 2.28. The van der Waals surface area contributed by atoms with Crippen LogP contribution < -0.4 is 5.73 Å². The number of aliphatic hydroxyl groups is 1. The molecule has 0 aliphatic carbocycles. The van der Waals surface area contributed by atoms with Gasteiger partial charge in [0.25, 0.3) is 0 Å². The lowest BCUT2D eigenvalue weighted by atomic mass is 9.93. The molecule has 0 bridgehead atoms. The van der Waals surface area contributed by atoms with Gasteiger partial charge < -0.3 is 15.4 Å². The maximum atomic E-state index is 9.20. The summed E-state index contributed by atoms with van der Waals surface area (Å²) in [7, 11) is 0. The molecule has 1 aromatic carbocycles. The van der Waals surface area contributed by atoms with Gasteiger partial charge >= 0.3 is 0 Å². The van der Waals surface area contributed by atoms with Gasteiger partial charge in [0.05, 0.1) is 30.2 Å². The van der Waals surface area contributed by atoms with Crippen molar-refractivity contribution in [1.82, 2.24) is 9.55 Å². The summed E-state index contributed by atoms with van der Waals surface area (Å²) in [4.78, 5) is 4.15. The zero-order valence-electron chi connectivity index (χ0n) is 10.7. The van der Waals surface area contributed by atoms with E-state index in [1.54, 1.807) is 12.5 Å². The Balaban J connectivity index is 2.45. The molecule has 4 heteroatoms. The molecule has 1 heterocycles. The van der Waals surface area contributed by atoms with Crippen molar-refractivity contribution >= 4 is 0 Å². The number of benzene rings is 1. The van der Waals surface area contributed by atoms with Crippen LogP contribution in [0.5, 0.6) is 0 Å². The minimum atomic E-state index is -0.407. The fourth-order valence-corrected chi connectivity index (χ4v) is 2.13. The van der Waals surface area contributed by atoms with Gasteiger partial charge in [-0.1, -0.05) is 30.3 Å². The molecule has 0 fully saturated rings. The van der Waals surface area contributed by atoms with Gasteiger partial charge in [-0.2, -0.15) is 0 Å². The molecule has 2 aromatic rings. The van der Waals surface area contributed by atoms with Crippen molar-refractivity contribution in [2.24, 2.45) is 5.73 Å². The van der Waals surface area contributed by atoms with Crippen LogP contribution in [0.1, 0.15) is 31.1 Å². The molecule has 18 heavy (non-hydrogen) atoms. The van der Waals surface area contributed by atoms with Gasteiger partial charge in [-0.3, -0.25) is 0 Å². The summed E-state index contributed by atoms with van der Waals surface area (Å²) in [6.45, 7) is 4.13. The summed E-state index contributed by atoms with van der Waals surface area (Å²) in [5, 5.41) is 9.20. The topological polar surface area (TPSA) is 64.1 Å². The third kappa shape index (κ3) is 2.17. The Hall–Kier alpha value is -1.65. The molecule has 1 atom stereocenters. The minimum Gasteiger partial charge on any atom is -0.394 e. The standard InChI is InChI=1S/C14H19N3O/c1-14(2,11-6-4-3-5-7-11)17-10-16-8-13(17)12(15)9-18/h3-8,10,12,18H,9,15H2,1-2H3. The Morgan fingerprint density at radius 1 is 1.33 bits per heavy atom. The maximum absolute atomic E-state index is 9.20. The van der Waals surface area contributed by atoms with Gasteiger partial charge in [0.15, 0.2) is 0 Å². The molecule has 0 spiro atoms. The highest BCUT2D eigenvalue weighted by molar-refractivity contribution is 5.26. The van der Waals surface area contributed by atoms with E-state index in [4.69, 9.17) is 5.73 Å².